The van der Waals surface area contributed by atoms with Crippen LogP contribution in [0.1, 0.15) is 12.1 Å². The van der Waals surface area contributed by atoms with Crippen LogP contribution in [0.25, 0.3) is 10.6 Å². The summed E-state index contributed by atoms with van der Waals surface area (Å²) >= 11 is 1.60. The van der Waals surface area contributed by atoms with Crippen molar-refractivity contribution in [1.82, 2.24) is 18.5 Å². The van der Waals surface area contributed by atoms with Crippen LogP contribution in [0.5, 0.6) is 5.75 Å². The highest BCUT2D eigenvalue weighted by molar-refractivity contribution is 7.86. The van der Waals surface area contributed by atoms with Gasteiger partial charge in [0, 0.05) is 63.7 Å². The molecule has 0 saturated carbocycles. The smallest absolute Gasteiger partial charge is 0.281 e. The molecule has 0 amide bonds. The van der Waals surface area contributed by atoms with Crippen molar-refractivity contribution in [3.05, 3.63) is 35.3 Å². The van der Waals surface area contributed by atoms with Crippen LogP contribution in [0.3, 0.4) is 0 Å². The summed E-state index contributed by atoms with van der Waals surface area (Å²) in [6, 6.07) is 9.81. The highest BCUT2D eigenvalue weighted by Gasteiger charge is 2.30. The molecule has 2 aromatic rings. The van der Waals surface area contributed by atoms with Crippen molar-refractivity contribution in [3.8, 4) is 22.4 Å². The third kappa shape index (κ3) is 5.32. The summed E-state index contributed by atoms with van der Waals surface area (Å²) in [5.74, 6) is 0.816. The van der Waals surface area contributed by atoms with Gasteiger partial charge in [-0.15, -0.1) is 11.3 Å². The molecule has 1 aliphatic heterocycles. The molecule has 0 atom stereocenters. The van der Waals surface area contributed by atoms with Crippen molar-refractivity contribution in [1.29, 1.82) is 5.26 Å². The minimum Gasteiger partial charge on any atom is -0.497 e. The van der Waals surface area contributed by atoms with Gasteiger partial charge in [0.05, 0.1) is 18.9 Å². The number of rotatable bonds is 8. The molecule has 1 aromatic carbocycles. The second kappa shape index (κ2) is 9.65. The fraction of sp³-hybridized carbons (Fsp3) is 0.474. The molecule has 156 valence electrons. The van der Waals surface area contributed by atoms with Crippen LogP contribution in [0.2, 0.25) is 0 Å². The second-order valence-corrected chi connectivity index (χ2v) is 9.68. The number of nitrogens with zero attached hydrogens (tertiary/aromatic N) is 5. The maximum atomic E-state index is 12.6. The normalized spacial score (nSPS) is 16.1. The highest BCUT2D eigenvalue weighted by atomic mass is 32.2. The molecule has 0 spiro atoms. The van der Waals surface area contributed by atoms with Crippen LogP contribution < -0.4 is 4.74 Å². The van der Waals surface area contributed by atoms with Crippen molar-refractivity contribution in [2.45, 2.75) is 13.0 Å². The first-order chi connectivity index (χ1) is 13.9. The van der Waals surface area contributed by atoms with Gasteiger partial charge in [-0.05, 0) is 24.3 Å². The molecule has 3 rings (SSSR count). The Kier molecular flexibility index (Phi) is 7.21. The van der Waals surface area contributed by atoms with E-state index < -0.39 is 10.2 Å². The summed E-state index contributed by atoms with van der Waals surface area (Å²) < 4.78 is 33.1. The molecule has 1 aromatic heterocycles. The molecule has 0 radical (unpaired) electrons. The summed E-state index contributed by atoms with van der Waals surface area (Å²) in [5.41, 5.74) is 2.04. The zero-order valence-corrected chi connectivity index (χ0v) is 18.2. The fourth-order valence-corrected chi connectivity index (χ4v) is 5.27. The molecule has 0 aliphatic carbocycles. The van der Waals surface area contributed by atoms with Crippen LogP contribution in [0.4, 0.5) is 0 Å². The lowest BCUT2D eigenvalue weighted by Crippen LogP contribution is -2.52. The van der Waals surface area contributed by atoms with E-state index in [0.29, 0.717) is 32.7 Å². The van der Waals surface area contributed by atoms with Crippen molar-refractivity contribution in [2.24, 2.45) is 0 Å². The Balaban J connectivity index is 1.55. The number of piperazine rings is 1. The van der Waals surface area contributed by atoms with Gasteiger partial charge < -0.3 is 4.74 Å². The minimum atomic E-state index is -3.50. The molecule has 2 heterocycles. The van der Waals surface area contributed by atoms with Gasteiger partial charge in [0.25, 0.3) is 10.2 Å². The lowest BCUT2D eigenvalue weighted by molar-refractivity contribution is 0.175. The van der Waals surface area contributed by atoms with E-state index in [1.807, 2.05) is 30.3 Å². The number of ether oxygens (including phenoxy) is 1. The maximum absolute atomic E-state index is 12.6. The second-order valence-electron chi connectivity index (χ2n) is 6.79. The zero-order valence-electron chi connectivity index (χ0n) is 16.6. The number of hydrogen-bond acceptors (Lipinski definition) is 7. The van der Waals surface area contributed by atoms with Gasteiger partial charge in [0.2, 0.25) is 0 Å². The van der Waals surface area contributed by atoms with E-state index in [2.05, 4.69) is 10.3 Å². The Hall–Kier alpha value is -2.03. The molecular weight excluding hydrogens is 410 g/mol. The molecular formula is C19H25N5O3S2. The number of thiazole rings is 1. The third-order valence-electron chi connectivity index (χ3n) is 4.86. The highest BCUT2D eigenvalue weighted by Crippen LogP contribution is 2.26. The summed E-state index contributed by atoms with van der Waals surface area (Å²) in [6.07, 6.45) is 0.191. The monoisotopic (exact) mass is 435 g/mol. The van der Waals surface area contributed by atoms with Gasteiger partial charge >= 0.3 is 0 Å². The largest absolute Gasteiger partial charge is 0.497 e. The van der Waals surface area contributed by atoms with Crippen molar-refractivity contribution in [2.75, 3.05) is 46.9 Å². The lowest BCUT2D eigenvalue weighted by Gasteiger charge is -2.35. The van der Waals surface area contributed by atoms with Crippen LogP contribution in [-0.2, 0) is 16.8 Å². The topological polar surface area (TPSA) is 89.8 Å². The number of nitriles is 1. The molecule has 10 heteroatoms. The Morgan fingerprint density at radius 3 is 2.55 bits per heavy atom. The van der Waals surface area contributed by atoms with Crippen LogP contribution in [0, 0.1) is 11.3 Å². The Labute approximate surface area is 176 Å². The zero-order chi connectivity index (χ0) is 20.9. The first kappa shape index (κ1) is 21.7. The van der Waals surface area contributed by atoms with Gasteiger partial charge in [0.1, 0.15) is 10.8 Å². The predicted molar refractivity (Wildman–Crippen MR) is 113 cm³/mol. The number of benzene rings is 1. The molecule has 29 heavy (non-hydrogen) atoms. The van der Waals surface area contributed by atoms with E-state index in [1.54, 1.807) is 18.4 Å². The van der Waals surface area contributed by atoms with Crippen LogP contribution >= 0.6 is 11.3 Å². The minimum absolute atomic E-state index is 0.191. The average molecular weight is 436 g/mol. The van der Waals surface area contributed by atoms with E-state index in [1.165, 1.54) is 15.7 Å². The molecule has 1 aliphatic rings. The Bertz CT molecular complexity index is 945. The Morgan fingerprint density at radius 1 is 1.24 bits per heavy atom. The van der Waals surface area contributed by atoms with E-state index in [4.69, 9.17) is 15.0 Å². The first-order valence-electron chi connectivity index (χ1n) is 9.33. The van der Waals surface area contributed by atoms with Gasteiger partial charge in [0.15, 0.2) is 0 Å². The van der Waals surface area contributed by atoms with Gasteiger partial charge in [-0.3, -0.25) is 4.90 Å². The summed E-state index contributed by atoms with van der Waals surface area (Å²) in [6.45, 7) is 3.10. The molecule has 8 nitrogen and oxygen atoms in total. The standard InChI is InChI=1S/C19H25N5O3S2/c1-22(9-3-8-20)29(25,26)24-12-10-23(11-13-24)14-17-15-28-19(21-17)16-4-6-18(27-2)7-5-16/h4-7,15H,3,9-14H2,1-2H3. The maximum Gasteiger partial charge on any atom is 0.281 e. The van der Waals surface area contributed by atoms with E-state index in [-0.39, 0.29) is 13.0 Å². The number of methoxy groups -OCH3 is 1. The molecule has 0 unspecified atom stereocenters. The van der Waals surface area contributed by atoms with Crippen molar-refractivity contribution in [3.63, 3.8) is 0 Å². The van der Waals surface area contributed by atoms with Crippen LogP contribution in [-0.4, -0.2) is 73.8 Å². The van der Waals surface area contributed by atoms with Crippen molar-refractivity contribution < 1.29 is 13.2 Å². The molecule has 1 fully saturated rings. The summed E-state index contributed by atoms with van der Waals surface area (Å²) in [4.78, 5) is 6.94. The van der Waals surface area contributed by atoms with Gasteiger partial charge in [-0.1, -0.05) is 0 Å². The first-order valence-corrected chi connectivity index (χ1v) is 11.6. The summed E-state index contributed by atoms with van der Waals surface area (Å²) in [7, 11) is -0.336. The van der Waals surface area contributed by atoms with Crippen molar-refractivity contribution >= 4 is 21.5 Å². The van der Waals surface area contributed by atoms with E-state index in [0.717, 1.165) is 22.0 Å². The number of aromatic nitrogens is 1. The van der Waals surface area contributed by atoms with Gasteiger partial charge in [-0.2, -0.15) is 22.3 Å². The molecule has 0 N–H and O–H groups in total. The quantitative estimate of drug-likeness (QED) is 0.630. The SMILES string of the molecule is COc1ccc(-c2nc(CN3CCN(S(=O)(=O)N(C)CCC#N)CC3)cs2)cc1. The van der Waals surface area contributed by atoms with E-state index >= 15 is 0 Å². The van der Waals surface area contributed by atoms with Crippen LogP contribution in [0.15, 0.2) is 29.6 Å². The van der Waals surface area contributed by atoms with E-state index in [9.17, 15) is 8.42 Å². The molecule has 0 bridgehead atoms. The molecule has 1 saturated heterocycles. The Morgan fingerprint density at radius 2 is 1.93 bits per heavy atom. The lowest BCUT2D eigenvalue weighted by atomic mass is 10.2. The third-order valence-corrected chi connectivity index (χ3v) is 7.79. The summed E-state index contributed by atoms with van der Waals surface area (Å²) in [5, 5.41) is 11.7. The number of hydrogen-bond donors (Lipinski definition) is 0. The fourth-order valence-electron chi connectivity index (χ4n) is 3.11. The predicted octanol–water partition coefficient (Wildman–Crippen LogP) is 2.03. The van der Waals surface area contributed by atoms with Gasteiger partial charge in [-0.25, -0.2) is 4.98 Å². The average Bonchev–Trinajstić information content (AvgIpc) is 3.20.